The maximum Gasteiger partial charge on any atom is 0.270 e. The van der Waals surface area contributed by atoms with E-state index in [4.69, 9.17) is 0 Å². The summed E-state index contributed by atoms with van der Waals surface area (Å²) in [7, 11) is 3.89. The number of carbonyl (C=O) groups excluding carboxylic acids is 2. The molecule has 1 aromatic heterocycles. The molecule has 1 fully saturated rings. The predicted molar refractivity (Wildman–Crippen MR) is 75.6 cm³/mol. The molecule has 0 aromatic carbocycles. The molecule has 1 aliphatic carbocycles. The molecule has 1 aliphatic rings. The fourth-order valence-electron chi connectivity index (χ4n) is 1.68. The monoisotopic (exact) mass is 276 g/mol. The molecule has 6 nitrogen and oxygen atoms in total. The Morgan fingerprint density at radius 2 is 2.10 bits per heavy atom. The van der Waals surface area contributed by atoms with Crippen molar-refractivity contribution >= 4 is 11.8 Å². The summed E-state index contributed by atoms with van der Waals surface area (Å²) in [6.07, 6.45) is 3.54. The van der Waals surface area contributed by atoms with Crippen LogP contribution in [0.4, 0.5) is 0 Å². The van der Waals surface area contributed by atoms with Crippen LogP contribution in [0.1, 0.15) is 33.7 Å². The number of likely N-dealkylation sites (N-methyl/N-ethyl adjacent to an activating group) is 1. The van der Waals surface area contributed by atoms with E-state index in [2.05, 4.69) is 15.6 Å². The summed E-state index contributed by atoms with van der Waals surface area (Å²) in [5, 5.41) is 5.66. The van der Waals surface area contributed by atoms with Crippen LogP contribution in [0, 0.1) is 0 Å². The minimum Gasteiger partial charge on any atom is -0.351 e. The first kappa shape index (κ1) is 14.5. The Hall–Kier alpha value is -1.95. The van der Waals surface area contributed by atoms with Gasteiger partial charge in [0.1, 0.15) is 5.69 Å². The summed E-state index contributed by atoms with van der Waals surface area (Å²) in [4.78, 5) is 29.8. The van der Waals surface area contributed by atoms with Crippen molar-refractivity contribution in [3.8, 4) is 0 Å². The summed E-state index contributed by atoms with van der Waals surface area (Å²) < 4.78 is 0. The van der Waals surface area contributed by atoms with Crippen molar-refractivity contribution in [3.05, 3.63) is 29.6 Å². The first-order valence-electron chi connectivity index (χ1n) is 6.76. The molecule has 0 aliphatic heterocycles. The fraction of sp³-hybridized carbons (Fsp3) is 0.500. The third-order valence-electron chi connectivity index (χ3n) is 3.01. The Labute approximate surface area is 118 Å². The quantitative estimate of drug-likeness (QED) is 0.782. The zero-order chi connectivity index (χ0) is 14.5. The van der Waals surface area contributed by atoms with Crippen molar-refractivity contribution in [2.75, 3.05) is 27.2 Å². The normalized spacial score (nSPS) is 14.2. The lowest BCUT2D eigenvalue weighted by Gasteiger charge is -2.10. The highest BCUT2D eigenvalue weighted by atomic mass is 16.2. The summed E-state index contributed by atoms with van der Waals surface area (Å²) in [6.45, 7) is 1.34. The molecule has 2 amide bonds. The number of amides is 2. The van der Waals surface area contributed by atoms with Crippen LogP contribution >= 0.6 is 0 Å². The van der Waals surface area contributed by atoms with Gasteiger partial charge in [0, 0.05) is 30.9 Å². The first-order valence-corrected chi connectivity index (χ1v) is 6.76. The van der Waals surface area contributed by atoms with Gasteiger partial charge >= 0.3 is 0 Å². The number of carbonyl (C=O) groups is 2. The smallest absolute Gasteiger partial charge is 0.270 e. The van der Waals surface area contributed by atoms with Gasteiger partial charge in [-0.1, -0.05) is 0 Å². The van der Waals surface area contributed by atoms with Crippen LogP contribution in [0.15, 0.2) is 18.3 Å². The molecule has 0 radical (unpaired) electrons. The molecule has 0 atom stereocenters. The molecule has 1 aromatic rings. The largest absolute Gasteiger partial charge is 0.351 e. The van der Waals surface area contributed by atoms with Gasteiger partial charge in [-0.3, -0.25) is 14.6 Å². The number of nitrogens with zero attached hydrogens (tertiary/aromatic N) is 2. The highest BCUT2D eigenvalue weighted by Crippen LogP contribution is 2.19. The number of hydrogen-bond acceptors (Lipinski definition) is 4. The zero-order valence-corrected chi connectivity index (χ0v) is 11.8. The lowest BCUT2D eigenvalue weighted by Crippen LogP contribution is -2.32. The molecule has 0 saturated heterocycles. The first-order chi connectivity index (χ1) is 9.56. The number of nitrogens with one attached hydrogen (secondary N) is 2. The summed E-state index contributed by atoms with van der Waals surface area (Å²) >= 11 is 0. The van der Waals surface area contributed by atoms with Gasteiger partial charge in [0.05, 0.1) is 0 Å². The third-order valence-corrected chi connectivity index (χ3v) is 3.01. The van der Waals surface area contributed by atoms with Crippen LogP contribution in [-0.4, -0.2) is 54.9 Å². The lowest BCUT2D eigenvalue weighted by molar-refractivity contribution is 0.0946. The van der Waals surface area contributed by atoms with Crippen molar-refractivity contribution in [2.24, 2.45) is 0 Å². The summed E-state index contributed by atoms with van der Waals surface area (Å²) in [6, 6.07) is 3.42. The molecule has 2 N–H and O–H groups in total. The standard InChI is InChI=1S/C14H20N4O2/c1-18(2)8-7-16-13(19)10-5-6-15-12(9-10)14(20)17-11-3-4-11/h5-6,9,11H,3-4,7-8H2,1-2H3,(H,16,19)(H,17,20). The van der Waals surface area contributed by atoms with E-state index < -0.39 is 0 Å². The second kappa shape index (κ2) is 6.47. The molecule has 108 valence electrons. The van der Waals surface area contributed by atoms with Crippen molar-refractivity contribution in [2.45, 2.75) is 18.9 Å². The van der Waals surface area contributed by atoms with Crippen LogP contribution in [0.3, 0.4) is 0 Å². The molecule has 1 heterocycles. The van der Waals surface area contributed by atoms with E-state index in [1.807, 2.05) is 19.0 Å². The van der Waals surface area contributed by atoms with Gasteiger partial charge in [-0.2, -0.15) is 0 Å². The topological polar surface area (TPSA) is 74.3 Å². The second-order valence-electron chi connectivity index (χ2n) is 5.24. The van der Waals surface area contributed by atoms with Crippen molar-refractivity contribution in [3.63, 3.8) is 0 Å². The van der Waals surface area contributed by atoms with Crippen molar-refractivity contribution < 1.29 is 9.59 Å². The number of aromatic nitrogens is 1. The van der Waals surface area contributed by atoms with Gasteiger partial charge < -0.3 is 15.5 Å². The van der Waals surface area contributed by atoms with Crippen LogP contribution in [0.2, 0.25) is 0 Å². The lowest BCUT2D eigenvalue weighted by atomic mass is 10.2. The van der Waals surface area contributed by atoms with Gasteiger partial charge in [-0.15, -0.1) is 0 Å². The van der Waals surface area contributed by atoms with Crippen LogP contribution < -0.4 is 10.6 Å². The van der Waals surface area contributed by atoms with Gasteiger partial charge in [0.15, 0.2) is 0 Å². The molecular weight excluding hydrogens is 256 g/mol. The molecular formula is C14H20N4O2. The van der Waals surface area contributed by atoms with E-state index >= 15 is 0 Å². The van der Waals surface area contributed by atoms with Crippen LogP contribution in [0.25, 0.3) is 0 Å². The Bertz CT molecular complexity index is 498. The number of hydrogen-bond donors (Lipinski definition) is 2. The van der Waals surface area contributed by atoms with Crippen molar-refractivity contribution in [1.82, 2.24) is 20.5 Å². The van der Waals surface area contributed by atoms with E-state index in [0.717, 1.165) is 19.4 Å². The van der Waals surface area contributed by atoms with E-state index in [9.17, 15) is 9.59 Å². The van der Waals surface area contributed by atoms with E-state index in [0.29, 0.717) is 12.1 Å². The average Bonchev–Trinajstić information content (AvgIpc) is 3.22. The Kier molecular flexibility index (Phi) is 4.68. The summed E-state index contributed by atoms with van der Waals surface area (Å²) in [5.74, 6) is -0.398. The van der Waals surface area contributed by atoms with E-state index in [1.54, 1.807) is 6.07 Å². The van der Waals surface area contributed by atoms with E-state index in [1.165, 1.54) is 12.3 Å². The minimum atomic E-state index is -0.213. The Balaban J connectivity index is 1.93. The Morgan fingerprint density at radius 1 is 1.35 bits per heavy atom. The van der Waals surface area contributed by atoms with Crippen LogP contribution in [-0.2, 0) is 0 Å². The maximum atomic E-state index is 11.9. The third kappa shape index (κ3) is 4.31. The fourth-order valence-corrected chi connectivity index (χ4v) is 1.68. The number of rotatable bonds is 6. The van der Waals surface area contributed by atoms with Crippen molar-refractivity contribution in [1.29, 1.82) is 0 Å². The zero-order valence-electron chi connectivity index (χ0n) is 11.8. The van der Waals surface area contributed by atoms with Gasteiger partial charge in [0.2, 0.25) is 0 Å². The minimum absolute atomic E-state index is 0.185. The average molecular weight is 276 g/mol. The molecule has 0 bridgehead atoms. The Morgan fingerprint density at radius 3 is 2.75 bits per heavy atom. The SMILES string of the molecule is CN(C)CCNC(=O)c1ccnc(C(=O)NC2CC2)c1. The van der Waals surface area contributed by atoms with E-state index in [-0.39, 0.29) is 23.6 Å². The number of pyridine rings is 1. The highest BCUT2D eigenvalue weighted by Gasteiger charge is 2.24. The van der Waals surface area contributed by atoms with Gasteiger partial charge in [-0.05, 0) is 39.1 Å². The van der Waals surface area contributed by atoms with Gasteiger partial charge in [0.25, 0.3) is 11.8 Å². The molecule has 0 unspecified atom stereocenters. The molecule has 2 rings (SSSR count). The van der Waals surface area contributed by atoms with Crippen LogP contribution in [0.5, 0.6) is 0 Å². The predicted octanol–water partition coefficient (Wildman–Crippen LogP) is 0.265. The molecule has 6 heteroatoms. The highest BCUT2D eigenvalue weighted by molar-refractivity contribution is 5.98. The summed E-state index contributed by atoms with van der Waals surface area (Å²) in [5.41, 5.74) is 0.747. The molecule has 1 saturated carbocycles. The molecule has 20 heavy (non-hydrogen) atoms. The maximum absolute atomic E-state index is 11.9. The molecule has 0 spiro atoms. The second-order valence-corrected chi connectivity index (χ2v) is 5.24. The van der Waals surface area contributed by atoms with Gasteiger partial charge in [-0.25, -0.2) is 0 Å².